The molecule has 0 aromatic heterocycles. The van der Waals surface area contributed by atoms with Gasteiger partial charge >= 0.3 is 0 Å². The average Bonchev–Trinajstić information content (AvgIpc) is 3.19. The number of nitrogens with zero attached hydrogens (tertiary/aromatic N) is 1. The first-order chi connectivity index (χ1) is 18.4. The summed E-state index contributed by atoms with van der Waals surface area (Å²) in [5.41, 5.74) is 1.16. The number of carbonyl (C=O) groups is 2. The second-order valence-corrected chi connectivity index (χ2v) is 8.64. The first-order valence-electron chi connectivity index (χ1n) is 12.6. The van der Waals surface area contributed by atoms with Crippen LogP contribution in [0.25, 0.3) is 5.76 Å². The number of Topliss-reactive ketones (excluding diaryl/α,β-unsaturated/α-hetero) is 1. The fraction of sp³-hybridized carbons (Fsp3) is 0.267. The van der Waals surface area contributed by atoms with Gasteiger partial charge in [0.05, 0.1) is 31.4 Å². The van der Waals surface area contributed by atoms with E-state index in [-0.39, 0.29) is 22.8 Å². The summed E-state index contributed by atoms with van der Waals surface area (Å²) in [7, 11) is 0. The van der Waals surface area contributed by atoms with Gasteiger partial charge in [-0.1, -0.05) is 31.2 Å². The molecule has 4 rings (SSSR count). The second kappa shape index (κ2) is 11.7. The number of carbonyl (C=O) groups excluding carboxylic acids is 2. The maximum Gasteiger partial charge on any atom is 0.300 e. The van der Waals surface area contributed by atoms with E-state index in [1.54, 1.807) is 67.6 Å². The summed E-state index contributed by atoms with van der Waals surface area (Å²) in [5, 5.41) is 21.7. The Morgan fingerprint density at radius 1 is 0.868 bits per heavy atom. The number of benzene rings is 3. The average molecular weight is 518 g/mol. The van der Waals surface area contributed by atoms with Crippen LogP contribution in [0.2, 0.25) is 0 Å². The van der Waals surface area contributed by atoms with Gasteiger partial charge in [-0.25, -0.2) is 0 Å². The van der Waals surface area contributed by atoms with Gasteiger partial charge in [-0.05, 0) is 62.2 Å². The van der Waals surface area contributed by atoms with Gasteiger partial charge in [-0.3, -0.25) is 14.5 Å². The van der Waals surface area contributed by atoms with Gasteiger partial charge in [-0.2, -0.15) is 0 Å². The van der Waals surface area contributed by atoms with E-state index >= 15 is 0 Å². The molecule has 8 nitrogen and oxygen atoms in total. The SMILES string of the molecule is CCCOc1cccc(/C(O)=C2/C(=O)C(=O)N(c3cccc(OCC)c3)C2c2ccc(O)c(OCC)c2)c1. The number of phenols is 1. The lowest BCUT2D eigenvalue weighted by Gasteiger charge is -2.26. The number of phenolic OH excluding ortho intramolecular Hbond substituents is 1. The van der Waals surface area contributed by atoms with E-state index in [4.69, 9.17) is 14.2 Å². The van der Waals surface area contributed by atoms with Crippen LogP contribution in [-0.2, 0) is 9.59 Å². The Morgan fingerprint density at radius 2 is 1.58 bits per heavy atom. The molecule has 1 heterocycles. The highest BCUT2D eigenvalue weighted by atomic mass is 16.5. The van der Waals surface area contributed by atoms with Crippen LogP contribution >= 0.6 is 0 Å². The van der Waals surface area contributed by atoms with Crippen LogP contribution in [0.4, 0.5) is 5.69 Å². The quantitative estimate of drug-likeness (QED) is 0.205. The molecule has 0 bridgehead atoms. The Kier molecular flexibility index (Phi) is 8.21. The minimum Gasteiger partial charge on any atom is -0.507 e. The third kappa shape index (κ3) is 5.29. The van der Waals surface area contributed by atoms with E-state index in [1.807, 2.05) is 13.8 Å². The zero-order valence-electron chi connectivity index (χ0n) is 21.6. The topological polar surface area (TPSA) is 106 Å². The number of ketones is 1. The molecule has 1 aliphatic rings. The number of ether oxygens (including phenoxy) is 3. The molecule has 1 fully saturated rings. The third-order valence-corrected chi connectivity index (χ3v) is 6.03. The minimum absolute atomic E-state index is 0.0772. The van der Waals surface area contributed by atoms with E-state index in [1.165, 1.54) is 11.0 Å². The van der Waals surface area contributed by atoms with Crippen molar-refractivity contribution in [2.75, 3.05) is 24.7 Å². The monoisotopic (exact) mass is 517 g/mol. The maximum absolute atomic E-state index is 13.5. The van der Waals surface area contributed by atoms with Crippen molar-refractivity contribution < 1.29 is 34.0 Å². The predicted molar refractivity (Wildman–Crippen MR) is 144 cm³/mol. The molecule has 0 spiro atoms. The largest absolute Gasteiger partial charge is 0.507 e. The van der Waals surface area contributed by atoms with Gasteiger partial charge in [0.25, 0.3) is 11.7 Å². The van der Waals surface area contributed by atoms with Crippen molar-refractivity contribution in [1.29, 1.82) is 0 Å². The predicted octanol–water partition coefficient (Wildman–Crippen LogP) is 5.60. The lowest BCUT2D eigenvalue weighted by atomic mass is 9.94. The number of hydrogen-bond donors (Lipinski definition) is 2. The maximum atomic E-state index is 13.5. The zero-order chi connectivity index (χ0) is 27.2. The van der Waals surface area contributed by atoms with Crippen LogP contribution < -0.4 is 19.1 Å². The molecule has 1 amide bonds. The van der Waals surface area contributed by atoms with E-state index in [0.29, 0.717) is 48.1 Å². The molecule has 2 N–H and O–H groups in total. The molecule has 0 saturated carbocycles. The molecule has 198 valence electrons. The van der Waals surface area contributed by atoms with Gasteiger partial charge in [0.15, 0.2) is 11.5 Å². The number of amides is 1. The first kappa shape index (κ1) is 26.6. The summed E-state index contributed by atoms with van der Waals surface area (Å²) >= 11 is 0. The molecule has 0 radical (unpaired) electrons. The Labute approximate surface area is 221 Å². The highest BCUT2D eigenvalue weighted by Gasteiger charge is 2.47. The van der Waals surface area contributed by atoms with E-state index in [2.05, 4.69) is 0 Å². The highest BCUT2D eigenvalue weighted by molar-refractivity contribution is 6.51. The van der Waals surface area contributed by atoms with Crippen LogP contribution in [0.1, 0.15) is 44.4 Å². The summed E-state index contributed by atoms with van der Waals surface area (Å²) in [6, 6.07) is 17.2. The fourth-order valence-corrected chi connectivity index (χ4v) is 4.38. The highest BCUT2D eigenvalue weighted by Crippen LogP contribution is 2.44. The molecule has 1 saturated heterocycles. The molecular formula is C30H31NO7. The molecule has 8 heteroatoms. The van der Waals surface area contributed by atoms with Crippen molar-refractivity contribution in [3.05, 3.63) is 83.4 Å². The lowest BCUT2D eigenvalue weighted by molar-refractivity contribution is -0.132. The molecule has 3 aromatic carbocycles. The lowest BCUT2D eigenvalue weighted by Crippen LogP contribution is -2.29. The number of aliphatic hydroxyl groups excluding tert-OH is 1. The normalized spacial score (nSPS) is 16.5. The summed E-state index contributed by atoms with van der Waals surface area (Å²) in [6.45, 7) is 6.85. The van der Waals surface area contributed by atoms with Crippen molar-refractivity contribution >= 4 is 23.1 Å². The van der Waals surface area contributed by atoms with Crippen LogP contribution in [-0.4, -0.2) is 41.7 Å². The standard InChI is InChI=1S/C30H31NO7/c1-4-15-38-22-11-7-9-20(16-22)28(33)26-27(19-13-14-24(32)25(17-19)37-6-3)31(30(35)29(26)34)21-10-8-12-23(18-21)36-5-2/h7-14,16-18,27,32-33H,4-6,15H2,1-3H3/b28-26-. The first-order valence-corrected chi connectivity index (χ1v) is 12.6. The van der Waals surface area contributed by atoms with Crippen molar-refractivity contribution in [2.24, 2.45) is 0 Å². The molecule has 1 aliphatic heterocycles. The smallest absolute Gasteiger partial charge is 0.300 e. The van der Waals surface area contributed by atoms with Crippen LogP contribution in [0, 0.1) is 0 Å². The van der Waals surface area contributed by atoms with Crippen LogP contribution in [0.15, 0.2) is 72.3 Å². The van der Waals surface area contributed by atoms with Gasteiger partial charge in [-0.15, -0.1) is 0 Å². The Bertz CT molecular complexity index is 1360. The number of anilines is 1. The van der Waals surface area contributed by atoms with Crippen LogP contribution in [0.5, 0.6) is 23.0 Å². The van der Waals surface area contributed by atoms with Crippen molar-refractivity contribution in [1.82, 2.24) is 0 Å². The molecule has 38 heavy (non-hydrogen) atoms. The van der Waals surface area contributed by atoms with Crippen molar-refractivity contribution in [2.45, 2.75) is 33.2 Å². The van der Waals surface area contributed by atoms with Gasteiger partial charge < -0.3 is 24.4 Å². The Balaban J connectivity index is 1.91. The van der Waals surface area contributed by atoms with Gasteiger partial charge in [0, 0.05) is 17.3 Å². The molecule has 1 unspecified atom stereocenters. The summed E-state index contributed by atoms with van der Waals surface area (Å²) in [5.74, 6) is -0.763. The zero-order valence-corrected chi connectivity index (χ0v) is 21.6. The number of aromatic hydroxyl groups is 1. The van der Waals surface area contributed by atoms with E-state index < -0.39 is 17.7 Å². The fourth-order valence-electron chi connectivity index (χ4n) is 4.38. The van der Waals surface area contributed by atoms with Gasteiger partial charge in [0.2, 0.25) is 0 Å². The van der Waals surface area contributed by atoms with Crippen molar-refractivity contribution in [3.63, 3.8) is 0 Å². The second-order valence-electron chi connectivity index (χ2n) is 8.64. The third-order valence-electron chi connectivity index (χ3n) is 6.03. The number of rotatable bonds is 10. The Morgan fingerprint density at radius 3 is 2.29 bits per heavy atom. The summed E-state index contributed by atoms with van der Waals surface area (Å²) in [4.78, 5) is 28.3. The van der Waals surface area contributed by atoms with E-state index in [9.17, 15) is 19.8 Å². The number of aliphatic hydroxyl groups is 1. The summed E-state index contributed by atoms with van der Waals surface area (Å²) < 4.78 is 16.9. The molecular weight excluding hydrogens is 486 g/mol. The number of hydrogen-bond acceptors (Lipinski definition) is 7. The van der Waals surface area contributed by atoms with Crippen molar-refractivity contribution in [3.8, 4) is 23.0 Å². The molecule has 0 aliphatic carbocycles. The summed E-state index contributed by atoms with van der Waals surface area (Å²) in [6.07, 6.45) is 0.811. The Hall–Kier alpha value is -4.46. The molecule has 3 aromatic rings. The van der Waals surface area contributed by atoms with E-state index in [0.717, 1.165) is 6.42 Å². The minimum atomic E-state index is -0.994. The molecule has 1 atom stereocenters. The van der Waals surface area contributed by atoms with Gasteiger partial charge in [0.1, 0.15) is 17.3 Å². The van der Waals surface area contributed by atoms with Crippen LogP contribution in [0.3, 0.4) is 0 Å².